The van der Waals surface area contributed by atoms with E-state index in [4.69, 9.17) is 21.1 Å². The highest BCUT2D eigenvalue weighted by Crippen LogP contribution is 2.40. The Morgan fingerprint density at radius 2 is 1.79 bits per heavy atom. The van der Waals surface area contributed by atoms with Crippen LogP contribution in [-0.2, 0) is 11.4 Å². The summed E-state index contributed by atoms with van der Waals surface area (Å²) in [5.74, 6) is 0.653. The lowest BCUT2D eigenvalue weighted by Crippen LogP contribution is -2.36. The SMILES string of the molecule is CCOc1cc(/C=C2/SC(=O)N([C@@H](C)CC)C2=O)cc(Cl)c1OCc1ccc2ccccc2c1. The average Bonchev–Trinajstić information content (AvgIpc) is 3.10. The van der Waals surface area contributed by atoms with Crippen molar-refractivity contribution in [3.63, 3.8) is 0 Å². The van der Waals surface area contributed by atoms with Crippen LogP contribution in [0.5, 0.6) is 11.5 Å². The maximum absolute atomic E-state index is 12.8. The number of rotatable bonds is 8. The number of thioether (sulfide) groups is 1. The number of hydrogen-bond acceptors (Lipinski definition) is 5. The van der Waals surface area contributed by atoms with Crippen molar-refractivity contribution in [1.29, 1.82) is 0 Å². The third-order valence-electron chi connectivity index (χ3n) is 5.68. The fourth-order valence-corrected chi connectivity index (χ4v) is 4.96. The Balaban J connectivity index is 1.58. The van der Waals surface area contributed by atoms with Gasteiger partial charge in [-0.3, -0.25) is 14.5 Å². The standard InChI is InChI=1S/C27H26ClNO4S/c1-4-17(3)29-26(30)24(34-27(29)31)15-19-13-22(28)25(23(14-19)32-5-2)33-16-18-10-11-20-8-6-7-9-21(20)12-18/h6-15,17H,4-5,16H2,1-3H3/b24-15+/t17-/m0/s1. The van der Waals surface area contributed by atoms with Crippen molar-refractivity contribution < 1.29 is 19.1 Å². The summed E-state index contributed by atoms with van der Waals surface area (Å²) in [7, 11) is 0. The van der Waals surface area contributed by atoms with E-state index in [1.807, 2.05) is 39.0 Å². The van der Waals surface area contributed by atoms with Crippen LogP contribution in [0.2, 0.25) is 5.02 Å². The molecule has 4 rings (SSSR count). The zero-order valence-corrected chi connectivity index (χ0v) is 20.9. The van der Waals surface area contributed by atoms with Gasteiger partial charge in [0.1, 0.15) is 6.61 Å². The number of nitrogens with zero attached hydrogens (tertiary/aromatic N) is 1. The van der Waals surface area contributed by atoms with E-state index in [9.17, 15) is 9.59 Å². The Hall–Kier alpha value is -2.96. The topological polar surface area (TPSA) is 55.8 Å². The lowest BCUT2D eigenvalue weighted by atomic mass is 10.1. The molecule has 3 aromatic rings. The summed E-state index contributed by atoms with van der Waals surface area (Å²) in [4.78, 5) is 26.8. The van der Waals surface area contributed by atoms with E-state index in [-0.39, 0.29) is 17.2 Å². The molecule has 1 heterocycles. The highest BCUT2D eigenvalue weighted by molar-refractivity contribution is 8.18. The van der Waals surface area contributed by atoms with Crippen LogP contribution < -0.4 is 9.47 Å². The maximum atomic E-state index is 12.8. The molecular formula is C27H26ClNO4S. The molecule has 5 nitrogen and oxygen atoms in total. The first-order valence-electron chi connectivity index (χ1n) is 11.2. The van der Waals surface area contributed by atoms with Gasteiger partial charge in [0.25, 0.3) is 11.1 Å². The smallest absolute Gasteiger partial charge is 0.293 e. The Morgan fingerprint density at radius 3 is 2.53 bits per heavy atom. The fraction of sp³-hybridized carbons (Fsp3) is 0.259. The number of hydrogen-bond donors (Lipinski definition) is 0. The summed E-state index contributed by atoms with van der Waals surface area (Å²) >= 11 is 7.52. The Labute approximate surface area is 208 Å². The van der Waals surface area contributed by atoms with Crippen LogP contribution in [0, 0.1) is 0 Å². The molecule has 1 atom stereocenters. The number of carbonyl (C=O) groups excluding carboxylic acids is 2. The molecule has 0 N–H and O–H groups in total. The molecule has 3 aromatic carbocycles. The summed E-state index contributed by atoms with van der Waals surface area (Å²) in [5, 5.41) is 2.43. The van der Waals surface area contributed by atoms with Crippen molar-refractivity contribution in [1.82, 2.24) is 4.90 Å². The van der Waals surface area contributed by atoms with E-state index in [1.165, 1.54) is 10.3 Å². The van der Waals surface area contributed by atoms with Crippen LogP contribution >= 0.6 is 23.4 Å². The van der Waals surface area contributed by atoms with Gasteiger partial charge >= 0.3 is 0 Å². The van der Waals surface area contributed by atoms with Crippen LogP contribution in [0.25, 0.3) is 16.8 Å². The van der Waals surface area contributed by atoms with Crippen molar-refractivity contribution in [3.8, 4) is 11.5 Å². The quantitative estimate of drug-likeness (QED) is 0.307. The lowest BCUT2D eigenvalue weighted by Gasteiger charge is -2.19. The van der Waals surface area contributed by atoms with E-state index in [0.29, 0.717) is 46.6 Å². The second-order valence-corrected chi connectivity index (χ2v) is 9.44. The van der Waals surface area contributed by atoms with E-state index in [2.05, 4.69) is 24.3 Å². The molecule has 7 heteroatoms. The lowest BCUT2D eigenvalue weighted by molar-refractivity contribution is -0.124. The van der Waals surface area contributed by atoms with Gasteiger partial charge in [-0.25, -0.2) is 0 Å². The van der Waals surface area contributed by atoms with Crippen LogP contribution in [-0.4, -0.2) is 28.7 Å². The van der Waals surface area contributed by atoms with Crippen molar-refractivity contribution in [3.05, 3.63) is 75.7 Å². The predicted molar refractivity (Wildman–Crippen MR) is 138 cm³/mol. The molecule has 0 spiro atoms. The van der Waals surface area contributed by atoms with Gasteiger partial charge in [0.15, 0.2) is 11.5 Å². The number of ether oxygens (including phenoxy) is 2. The number of amides is 2. The minimum atomic E-state index is -0.282. The number of benzene rings is 3. The van der Waals surface area contributed by atoms with Crippen molar-refractivity contribution in [2.24, 2.45) is 0 Å². The summed E-state index contributed by atoms with van der Waals surface area (Å²) in [6.07, 6.45) is 2.38. The molecule has 0 aromatic heterocycles. The molecule has 0 saturated carbocycles. The van der Waals surface area contributed by atoms with Crippen molar-refractivity contribution in [2.45, 2.75) is 39.8 Å². The normalized spacial score (nSPS) is 15.9. The largest absolute Gasteiger partial charge is 0.490 e. The molecule has 0 radical (unpaired) electrons. The van der Waals surface area contributed by atoms with E-state index < -0.39 is 0 Å². The zero-order valence-electron chi connectivity index (χ0n) is 19.3. The van der Waals surface area contributed by atoms with Crippen LogP contribution in [0.3, 0.4) is 0 Å². The molecule has 176 valence electrons. The molecule has 2 amide bonds. The maximum Gasteiger partial charge on any atom is 0.293 e. The number of fused-ring (bicyclic) bond motifs is 1. The minimum Gasteiger partial charge on any atom is -0.490 e. The number of carbonyl (C=O) groups is 2. The molecule has 0 unspecified atom stereocenters. The van der Waals surface area contributed by atoms with E-state index in [0.717, 1.165) is 22.7 Å². The second kappa shape index (κ2) is 10.5. The molecule has 34 heavy (non-hydrogen) atoms. The van der Waals surface area contributed by atoms with Gasteiger partial charge in [-0.2, -0.15) is 0 Å². The average molecular weight is 496 g/mol. The molecular weight excluding hydrogens is 470 g/mol. The summed E-state index contributed by atoms with van der Waals surface area (Å²) in [6.45, 7) is 6.45. The van der Waals surface area contributed by atoms with E-state index in [1.54, 1.807) is 18.2 Å². The summed E-state index contributed by atoms with van der Waals surface area (Å²) in [5.41, 5.74) is 1.68. The second-order valence-electron chi connectivity index (χ2n) is 8.04. The first kappa shape index (κ1) is 24.2. The molecule has 1 aliphatic heterocycles. The molecule has 0 aliphatic carbocycles. The highest BCUT2D eigenvalue weighted by atomic mass is 35.5. The third kappa shape index (κ3) is 5.08. The van der Waals surface area contributed by atoms with Crippen LogP contribution in [0.15, 0.2) is 59.5 Å². The van der Waals surface area contributed by atoms with Gasteiger partial charge < -0.3 is 9.47 Å². The first-order valence-corrected chi connectivity index (χ1v) is 12.4. The van der Waals surface area contributed by atoms with Gasteiger partial charge in [0, 0.05) is 6.04 Å². The monoisotopic (exact) mass is 495 g/mol. The Kier molecular flexibility index (Phi) is 7.49. The van der Waals surface area contributed by atoms with Crippen LogP contribution in [0.1, 0.15) is 38.3 Å². The first-order chi connectivity index (χ1) is 16.4. The zero-order chi connectivity index (χ0) is 24.2. The van der Waals surface area contributed by atoms with Crippen molar-refractivity contribution in [2.75, 3.05) is 6.61 Å². The molecule has 1 fully saturated rings. The van der Waals surface area contributed by atoms with Gasteiger partial charge in [-0.15, -0.1) is 0 Å². The number of imide groups is 1. The fourth-order valence-electron chi connectivity index (χ4n) is 3.75. The Morgan fingerprint density at radius 1 is 1.03 bits per heavy atom. The van der Waals surface area contributed by atoms with Gasteiger partial charge in [-0.1, -0.05) is 54.9 Å². The van der Waals surface area contributed by atoms with Gasteiger partial charge in [-0.05, 0) is 78.2 Å². The molecule has 1 saturated heterocycles. The summed E-state index contributed by atoms with van der Waals surface area (Å²) < 4.78 is 11.9. The van der Waals surface area contributed by atoms with E-state index >= 15 is 0 Å². The molecule has 1 aliphatic rings. The number of halogens is 1. The predicted octanol–water partition coefficient (Wildman–Crippen LogP) is 7.31. The van der Waals surface area contributed by atoms with Gasteiger partial charge in [0.05, 0.1) is 16.5 Å². The Bertz CT molecular complexity index is 1270. The summed E-state index contributed by atoms with van der Waals surface area (Å²) in [6, 6.07) is 17.7. The minimum absolute atomic E-state index is 0.146. The van der Waals surface area contributed by atoms with Crippen LogP contribution in [0.4, 0.5) is 4.79 Å². The molecule has 0 bridgehead atoms. The van der Waals surface area contributed by atoms with Gasteiger partial charge in [0.2, 0.25) is 0 Å². The highest BCUT2D eigenvalue weighted by Gasteiger charge is 2.37. The third-order valence-corrected chi connectivity index (χ3v) is 6.85. The van der Waals surface area contributed by atoms with Crippen molar-refractivity contribution >= 4 is 51.4 Å².